The second-order valence-corrected chi connectivity index (χ2v) is 4.49. The summed E-state index contributed by atoms with van der Waals surface area (Å²) in [5.41, 5.74) is 0. The fourth-order valence-electron chi connectivity index (χ4n) is 1.29. The summed E-state index contributed by atoms with van der Waals surface area (Å²) in [5.74, 6) is 2.92. The van der Waals surface area contributed by atoms with Gasteiger partial charge in [0.2, 0.25) is 0 Å². The highest BCUT2D eigenvalue weighted by Gasteiger charge is 2.13. The molecule has 0 fully saturated rings. The summed E-state index contributed by atoms with van der Waals surface area (Å²) in [5, 5.41) is 9.69. The highest BCUT2D eigenvalue weighted by molar-refractivity contribution is 7.99. The molecule has 13 heavy (non-hydrogen) atoms. The van der Waals surface area contributed by atoms with Gasteiger partial charge in [-0.25, -0.2) is 0 Å². The largest absolute Gasteiger partial charge is 0.496 e. The molecule has 0 aliphatic carbocycles. The molecule has 1 rings (SSSR count). The molecule has 1 atom stereocenters. The van der Waals surface area contributed by atoms with E-state index >= 15 is 0 Å². The molecule has 1 unspecified atom stereocenters. The molecule has 0 aromatic heterocycles. The van der Waals surface area contributed by atoms with Crippen LogP contribution in [0.3, 0.4) is 0 Å². The zero-order chi connectivity index (χ0) is 9.52. The molecule has 76 valence electrons. The molecule has 0 saturated heterocycles. The highest BCUT2D eigenvalue weighted by Crippen LogP contribution is 2.17. The Morgan fingerprint density at radius 1 is 1.69 bits per heavy atom. The zero-order valence-corrected chi connectivity index (χ0v) is 8.98. The summed E-state index contributed by atoms with van der Waals surface area (Å²) in [7, 11) is 0. The normalized spacial score (nSPS) is 19.1. The first-order chi connectivity index (χ1) is 6.34. The van der Waals surface area contributed by atoms with Crippen molar-refractivity contribution in [2.24, 2.45) is 0 Å². The van der Waals surface area contributed by atoms with Crippen LogP contribution in [0.15, 0.2) is 11.8 Å². The number of thioether (sulfide) groups is 1. The Morgan fingerprint density at radius 2 is 2.54 bits per heavy atom. The number of aliphatic hydroxyl groups excluding tert-OH is 1. The van der Waals surface area contributed by atoms with Gasteiger partial charge in [0.15, 0.2) is 0 Å². The molecule has 0 radical (unpaired) electrons. The number of rotatable bonds is 5. The Hall–Kier alpha value is -0.150. The molecule has 0 spiro atoms. The monoisotopic (exact) mass is 202 g/mol. The van der Waals surface area contributed by atoms with E-state index in [1.807, 2.05) is 17.8 Å². The van der Waals surface area contributed by atoms with E-state index in [0.29, 0.717) is 0 Å². The van der Waals surface area contributed by atoms with Gasteiger partial charge in [0.05, 0.1) is 6.61 Å². The first-order valence-corrected chi connectivity index (χ1v) is 6.08. The van der Waals surface area contributed by atoms with Crippen molar-refractivity contribution in [3.05, 3.63) is 11.8 Å². The third-order valence-corrected chi connectivity index (χ3v) is 2.96. The van der Waals surface area contributed by atoms with Crippen LogP contribution in [0.4, 0.5) is 0 Å². The third kappa shape index (κ3) is 4.05. The van der Waals surface area contributed by atoms with Crippen molar-refractivity contribution in [1.82, 2.24) is 0 Å². The van der Waals surface area contributed by atoms with Crippen molar-refractivity contribution in [2.45, 2.75) is 32.3 Å². The van der Waals surface area contributed by atoms with Crippen molar-refractivity contribution in [3.63, 3.8) is 0 Å². The van der Waals surface area contributed by atoms with Crippen LogP contribution >= 0.6 is 11.8 Å². The summed E-state index contributed by atoms with van der Waals surface area (Å²) in [4.78, 5) is 0. The van der Waals surface area contributed by atoms with Crippen molar-refractivity contribution in [3.8, 4) is 0 Å². The molecule has 0 aromatic rings. The topological polar surface area (TPSA) is 29.5 Å². The van der Waals surface area contributed by atoms with E-state index in [2.05, 4.69) is 6.92 Å². The van der Waals surface area contributed by atoms with Gasteiger partial charge in [-0.05, 0) is 36.8 Å². The van der Waals surface area contributed by atoms with Gasteiger partial charge in [0.25, 0.3) is 0 Å². The second kappa shape index (κ2) is 6.33. The van der Waals surface area contributed by atoms with Gasteiger partial charge in [0, 0.05) is 0 Å². The minimum Gasteiger partial charge on any atom is -0.496 e. The predicted molar refractivity (Wildman–Crippen MR) is 56.9 cm³/mol. The van der Waals surface area contributed by atoms with Crippen LogP contribution in [-0.2, 0) is 4.74 Å². The Bertz CT molecular complexity index is 168. The number of ether oxygens (including phenoxy) is 1. The van der Waals surface area contributed by atoms with Gasteiger partial charge in [-0.2, -0.15) is 11.8 Å². The molecule has 1 aliphatic heterocycles. The van der Waals surface area contributed by atoms with E-state index in [1.54, 1.807) is 0 Å². The van der Waals surface area contributed by atoms with Gasteiger partial charge in [-0.3, -0.25) is 0 Å². The first-order valence-electron chi connectivity index (χ1n) is 4.93. The smallest absolute Gasteiger partial charge is 0.120 e. The van der Waals surface area contributed by atoms with E-state index in [0.717, 1.165) is 43.1 Å². The van der Waals surface area contributed by atoms with E-state index < -0.39 is 0 Å². The van der Waals surface area contributed by atoms with Crippen molar-refractivity contribution in [2.75, 3.05) is 18.1 Å². The van der Waals surface area contributed by atoms with Crippen LogP contribution in [0.2, 0.25) is 0 Å². The van der Waals surface area contributed by atoms with Crippen molar-refractivity contribution >= 4 is 11.8 Å². The molecule has 2 nitrogen and oxygen atoms in total. The lowest BCUT2D eigenvalue weighted by Crippen LogP contribution is -2.17. The highest BCUT2D eigenvalue weighted by atomic mass is 32.2. The lowest BCUT2D eigenvalue weighted by atomic mass is 10.1. The van der Waals surface area contributed by atoms with E-state index in [4.69, 9.17) is 4.74 Å². The van der Waals surface area contributed by atoms with Gasteiger partial charge >= 0.3 is 0 Å². The Labute approximate surface area is 84.4 Å². The van der Waals surface area contributed by atoms with Crippen molar-refractivity contribution in [1.29, 1.82) is 0 Å². The maximum Gasteiger partial charge on any atom is 0.120 e. The Balaban J connectivity index is 2.21. The number of aliphatic hydroxyl groups is 1. The SMILES string of the molecule is CCSCCC(O)C1=CCCCO1. The minimum absolute atomic E-state index is 0.376. The molecule has 0 saturated carbocycles. The summed E-state index contributed by atoms with van der Waals surface area (Å²) in [6, 6.07) is 0. The van der Waals surface area contributed by atoms with Crippen LogP contribution in [0, 0.1) is 0 Å². The predicted octanol–water partition coefficient (Wildman–Crippen LogP) is 2.18. The summed E-state index contributed by atoms with van der Waals surface area (Å²) >= 11 is 1.86. The van der Waals surface area contributed by atoms with Gasteiger partial charge in [0.1, 0.15) is 11.9 Å². The van der Waals surface area contributed by atoms with Crippen LogP contribution in [0.25, 0.3) is 0 Å². The van der Waals surface area contributed by atoms with Gasteiger partial charge < -0.3 is 9.84 Å². The second-order valence-electron chi connectivity index (χ2n) is 3.10. The van der Waals surface area contributed by atoms with Crippen molar-refractivity contribution < 1.29 is 9.84 Å². The first kappa shape index (κ1) is 10.9. The molecular formula is C10H18O2S. The zero-order valence-electron chi connectivity index (χ0n) is 8.16. The summed E-state index contributed by atoms with van der Waals surface area (Å²) in [6.07, 6.45) is 4.59. The Morgan fingerprint density at radius 3 is 3.15 bits per heavy atom. The van der Waals surface area contributed by atoms with Crippen LogP contribution in [0.1, 0.15) is 26.2 Å². The average molecular weight is 202 g/mol. The van der Waals surface area contributed by atoms with Crippen LogP contribution in [-0.4, -0.2) is 29.3 Å². The van der Waals surface area contributed by atoms with Crippen LogP contribution < -0.4 is 0 Å². The molecule has 1 heterocycles. The number of allylic oxidation sites excluding steroid dienone is 1. The number of hydrogen-bond donors (Lipinski definition) is 1. The minimum atomic E-state index is -0.376. The Kier molecular flexibility index (Phi) is 5.32. The maximum absolute atomic E-state index is 9.69. The molecule has 1 aliphatic rings. The molecule has 0 amide bonds. The molecule has 3 heteroatoms. The van der Waals surface area contributed by atoms with Gasteiger partial charge in [-0.1, -0.05) is 6.92 Å². The standard InChI is InChI=1S/C10H18O2S/c1-2-13-8-6-9(11)10-5-3-4-7-12-10/h5,9,11H,2-4,6-8H2,1H3. The van der Waals surface area contributed by atoms with E-state index in [-0.39, 0.29) is 6.10 Å². The summed E-state index contributed by atoms with van der Waals surface area (Å²) < 4.78 is 5.37. The maximum atomic E-state index is 9.69. The lowest BCUT2D eigenvalue weighted by molar-refractivity contribution is 0.0902. The van der Waals surface area contributed by atoms with Crippen LogP contribution in [0.5, 0.6) is 0 Å². The average Bonchev–Trinajstić information content (AvgIpc) is 2.19. The lowest BCUT2D eigenvalue weighted by Gasteiger charge is -2.19. The fraction of sp³-hybridized carbons (Fsp3) is 0.800. The van der Waals surface area contributed by atoms with Gasteiger partial charge in [-0.15, -0.1) is 0 Å². The van der Waals surface area contributed by atoms with E-state index in [9.17, 15) is 5.11 Å². The summed E-state index contributed by atoms with van der Waals surface area (Å²) in [6.45, 7) is 2.90. The number of hydrogen-bond acceptors (Lipinski definition) is 3. The van der Waals surface area contributed by atoms with E-state index in [1.165, 1.54) is 0 Å². The quantitative estimate of drug-likeness (QED) is 0.693. The third-order valence-electron chi connectivity index (χ3n) is 2.03. The molecule has 0 aromatic carbocycles. The fourth-order valence-corrected chi connectivity index (χ4v) is 1.97. The molecule has 1 N–H and O–H groups in total. The molecule has 0 bridgehead atoms. The molecular weight excluding hydrogens is 184 g/mol.